The molecule has 1 aromatic heterocycles. The molecule has 1 saturated carbocycles. The van der Waals surface area contributed by atoms with Crippen LogP contribution in [-0.2, 0) is 11.0 Å². The SMILES string of the molecule is CCC[C@H]1CC[C@H](C(=O)Oc2ccc(C(F)(F)F)nc2)CC1. The van der Waals surface area contributed by atoms with Crippen LogP contribution < -0.4 is 4.74 Å². The summed E-state index contributed by atoms with van der Waals surface area (Å²) in [6, 6.07) is 1.96. The Hall–Kier alpha value is -1.59. The van der Waals surface area contributed by atoms with Crippen molar-refractivity contribution in [2.24, 2.45) is 11.8 Å². The van der Waals surface area contributed by atoms with Crippen LogP contribution in [0.5, 0.6) is 5.75 Å². The van der Waals surface area contributed by atoms with Gasteiger partial charge in [0.2, 0.25) is 0 Å². The Labute approximate surface area is 127 Å². The maximum Gasteiger partial charge on any atom is 0.433 e. The van der Waals surface area contributed by atoms with E-state index in [-0.39, 0.29) is 17.6 Å². The van der Waals surface area contributed by atoms with Crippen molar-refractivity contribution in [3.63, 3.8) is 0 Å². The number of carbonyl (C=O) groups is 1. The van der Waals surface area contributed by atoms with Gasteiger partial charge in [-0.25, -0.2) is 4.98 Å². The van der Waals surface area contributed by atoms with Crippen molar-refractivity contribution in [2.75, 3.05) is 0 Å². The number of rotatable bonds is 4. The quantitative estimate of drug-likeness (QED) is 0.762. The van der Waals surface area contributed by atoms with Crippen LogP contribution in [0.1, 0.15) is 51.1 Å². The first-order valence-corrected chi connectivity index (χ1v) is 7.65. The first kappa shape index (κ1) is 16.8. The third kappa shape index (κ3) is 4.45. The van der Waals surface area contributed by atoms with Gasteiger partial charge < -0.3 is 4.74 Å². The zero-order chi connectivity index (χ0) is 16.2. The molecule has 0 saturated heterocycles. The second-order valence-electron chi connectivity index (χ2n) is 5.80. The number of pyridine rings is 1. The smallest absolute Gasteiger partial charge is 0.425 e. The van der Waals surface area contributed by atoms with E-state index in [1.807, 2.05) is 0 Å². The van der Waals surface area contributed by atoms with Gasteiger partial charge in [0.25, 0.3) is 0 Å². The minimum Gasteiger partial charge on any atom is -0.425 e. The fourth-order valence-corrected chi connectivity index (χ4v) is 2.90. The highest BCUT2D eigenvalue weighted by atomic mass is 19.4. The maximum absolute atomic E-state index is 12.4. The molecule has 0 amide bonds. The van der Waals surface area contributed by atoms with Crippen LogP contribution in [-0.4, -0.2) is 11.0 Å². The van der Waals surface area contributed by atoms with Gasteiger partial charge in [0.1, 0.15) is 11.4 Å². The van der Waals surface area contributed by atoms with Gasteiger partial charge in [-0.05, 0) is 43.7 Å². The summed E-state index contributed by atoms with van der Waals surface area (Å²) in [7, 11) is 0. The Balaban J connectivity index is 1.87. The number of esters is 1. The molecular weight excluding hydrogens is 295 g/mol. The first-order chi connectivity index (χ1) is 10.4. The van der Waals surface area contributed by atoms with Gasteiger partial charge in [-0.1, -0.05) is 19.8 Å². The molecule has 0 atom stereocenters. The van der Waals surface area contributed by atoms with E-state index < -0.39 is 11.9 Å². The third-order valence-electron chi connectivity index (χ3n) is 4.12. The summed E-state index contributed by atoms with van der Waals surface area (Å²) < 4.78 is 42.4. The summed E-state index contributed by atoms with van der Waals surface area (Å²) in [6.45, 7) is 2.15. The molecule has 0 bridgehead atoms. The standard InChI is InChI=1S/C16H20F3NO2/c1-2-3-11-4-6-12(7-5-11)15(21)22-13-8-9-14(20-10-13)16(17,18)19/h8-12H,2-7H2,1H3/t11-,12-. The lowest BCUT2D eigenvalue weighted by molar-refractivity contribution is -0.141. The normalized spacial score (nSPS) is 22.4. The van der Waals surface area contributed by atoms with E-state index in [0.717, 1.165) is 50.4 Å². The summed E-state index contributed by atoms with van der Waals surface area (Å²) in [4.78, 5) is 15.3. The fraction of sp³-hybridized carbons (Fsp3) is 0.625. The van der Waals surface area contributed by atoms with Crippen molar-refractivity contribution < 1.29 is 22.7 Å². The summed E-state index contributed by atoms with van der Waals surface area (Å²) >= 11 is 0. The van der Waals surface area contributed by atoms with Crippen LogP contribution in [0.25, 0.3) is 0 Å². The van der Waals surface area contributed by atoms with Crippen LogP contribution in [0, 0.1) is 11.8 Å². The number of nitrogens with zero attached hydrogens (tertiary/aromatic N) is 1. The van der Waals surface area contributed by atoms with Gasteiger partial charge in [0, 0.05) is 0 Å². The molecule has 2 rings (SSSR count). The molecular formula is C16H20F3NO2. The molecule has 0 aromatic carbocycles. The van der Waals surface area contributed by atoms with Crippen molar-refractivity contribution in [2.45, 2.75) is 51.6 Å². The Morgan fingerprint density at radius 1 is 1.27 bits per heavy atom. The van der Waals surface area contributed by atoms with Gasteiger partial charge in [-0.3, -0.25) is 4.79 Å². The number of alkyl halides is 3. The summed E-state index contributed by atoms with van der Waals surface area (Å²) in [6.07, 6.45) is 2.40. The number of carbonyl (C=O) groups excluding carboxylic acids is 1. The van der Waals surface area contributed by atoms with Gasteiger partial charge in [0.15, 0.2) is 0 Å². The largest absolute Gasteiger partial charge is 0.433 e. The highest BCUT2D eigenvalue weighted by Gasteiger charge is 2.32. The van der Waals surface area contributed by atoms with Crippen molar-refractivity contribution in [1.82, 2.24) is 4.98 Å². The Kier molecular flexibility index (Phi) is 5.42. The molecule has 0 aliphatic heterocycles. The number of hydrogen-bond acceptors (Lipinski definition) is 3. The van der Waals surface area contributed by atoms with Gasteiger partial charge in [0.05, 0.1) is 12.1 Å². The molecule has 1 fully saturated rings. The molecule has 0 N–H and O–H groups in total. The number of aromatic nitrogens is 1. The average Bonchev–Trinajstić information content (AvgIpc) is 2.48. The predicted molar refractivity (Wildman–Crippen MR) is 75.2 cm³/mol. The molecule has 1 aliphatic rings. The molecule has 0 unspecified atom stereocenters. The molecule has 22 heavy (non-hydrogen) atoms. The van der Waals surface area contributed by atoms with Crippen molar-refractivity contribution in [1.29, 1.82) is 0 Å². The highest BCUT2D eigenvalue weighted by molar-refractivity contribution is 5.75. The lowest BCUT2D eigenvalue weighted by atomic mass is 9.80. The lowest BCUT2D eigenvalue weighted by Crippen LogP contribution is -2.25. The molecule has 0 radical (unpaired) electrons. The van der Waals surface area contributed by atoms with E-state index >= 15 is 0 Å². The van der Waals surface area contributed by atoms with E-state index in [4.69, 9.17) is 4.74 Å². The van der Waals surface area contributed by atoms with Crippen LogP contribution in [0.15, 0.2) is 18.3 Å². The molecule has 1 aliphatic carbocycles. The fourth-order valence-electron chi connectivity index (χ4n) is 2.90. The van der Waals surface area contributed by atoms with Gasteiger partial charge in [-0.2, -0.15) is 13.2 Å². The Morgan fingerprint density at radius 3 is 2.45 bits per heavy atom. The minimum atomic E-state index is -4.49. The topological polar surface area (TPSA) is 39.2 Å². The molecule has 1 aromatic rings. The maximum atomic E-state index is 12.4. The average molecular weight is 315 g/mol. The zero-order valence-electron chi connectivity index (χ0n) is 12.5. The Morgan fingerprint density at radius 2 is 1.95 bits per heavy atom. The molecule has 0 spiro atoms. The summed E-state index contributed by atoms with van der Waals surface area (Å²) in [5.74, 6) is 0.224. The lowest BCUT2D eigenvalue weighted by Gasteiger charge is -2.26. The number of ether oxygens (including phenoxy) is 1. The highest BCUT2D eigenvalue weighted by Crippen LogP contribution is 2.33. The summed E-state index contributed by atoms with van der Waals surface area (Å²) in [5, 5.41) is 0. The van der Waals surface area contributed by atoms with Crippen molar-refractivity contribution in [3.8, 4) is 5.75 Å². The first-order valence-electron chi connectivity index (χ1n) is 7.65. The molecule has 6 heteroatoms. The van der Waals surface area contributed by atoms with E-state index in [0.29, 0.717) is 5.92 Å². The van der Waals surface area contributed by atoms with Crippen LogP contribution in [0.4, 0.5) is 13.2 Å². The van der Waals surface area contributed by atoms with Crippen molar-refractivity contribution >= 4 is 5.97 Å². The van der Waals surface area contributed by atoms with Crippen molar-refractivity contribution in [3.05, 3.63) is 24.0 Å². The summed E-state index contributed by atoms with van der Waals surface area (Å²) in [5.41, 5.74) is -0.993. The Bertz CT molecular complexity index is 491. The van der Waals surface area contributed by atoms with Crippen LogP contribution in [0.2, 0.25) is 0 Å². The number of halogens is 3. The van der Waals surface area contributed by atoms with E-state index in [1.165, 1.54) is 6.42 Å². The monoisotopic (exact) mass is 315 g/mol. The van der Waals surface area contributed by atoms with Gasteiger partial charge >= 0.3 is 12.1 Å². The van der Waals surface area contributed by atoms with Gasteiger partial charge in [-0.15, -0.1) is 0 Å². The van der Waals surface area contributed by atoms with E-state index in [2.05, 4.69) is 11.9 Å². The predicted octanol–water partition coefficient (Wildman–Crippen LogP) is 4.61. The second-order valence-corrected chi connectivity index (χ2v) is 5.80. The molecule has 3 nitrogen and oxygen atoms in total. The second kappa shape index (κ2) is 7.11. The third-order valence-corrected chi connectivity index (χ3v) is 4.12. The number of hydrogen-bond donors (Lipinski definition) is 0. The van der Waals surface area contributed by atoms with E-state index in [9.17, 15) is 18.0 Å². The van der Waals surface area contributed by atoms with E-state index in [1.54, 1.807) is 0 Å². The minimum absolute atomic E-state index is 0.0636. The van der Waals surface area contributed by atoms with Crippen LogP contribution >= 0.6 is 0 Å². The zero-order valence-corrected chi connectivity index (χ0v) is 12.5. The van der Waals surface area contributed by atoms with Crippen LogP contribution in [0.3, 0.4) is 0 Å². The molecule has 1 heterocycles. The molecule has 122 valence electrons.